The Balaban J connectivity index is 1.91. The van der Waals surface area contributed by atoms with Crippen LogP contribution in [0.2, 0.25) is 0 Å². The van der Waals surface area contributed by atoms with Crippen LogP contribution in [0.1, 0.15) is 59.8 Å². The SMILES string of the molecule is CC(CC1CC2CCC(C1)N2C(=O)OC(C)(C)C)OS(=O)O. The molecular formula is C15H27NO5S. The molecule has 4 unspecified atom stereocenters. The number of hydrogen-bond donors (Lipinski definition) is 1. The maximum Gasteiger partial charge on any atom is 0.410 e. The number of ether oxygens (including phenoxy) is 1. The van der Waals surface area contributed by atoms with E-state index in [1.54, 1.807) is 0 Å². The van der Waals surface area contributed by atoms with Crippen LogP contribution in [-0.4, -0.2) is 43.5 Å². The Bertz CT molecular complexity index is 422. The first-order chi connectivity index (χ1) is 10.2. The van der Waals surface area contributed by atoms with Crippen LogP contribution in [0.3, 0.4) is 0 Å². The minimum absolute atomic E-state index is 0.209. The van der Waals surface area contributed by atoms with Crippen molar-refractivity contribution in [2.24, 2.45) is 5.92 Å². The van der Waals surface area contributed by atoms with Crippen molar-refractivity contribution in [1.82, 2.24) is 4.90 Å². The number of rotatable bonds is 4. The number of nitrogens with zero attached hydrogens (tertiary/aromatic N) is 1. The molecule has 6 nitrogen and oxygen atoms in total. The minimum Gasteiger partial charge on any atom is -0.444 e. The number of piperidine rings is 1. The number of fused-ring (bicyclic) bond motifs is 2. The lowest BCUT2D eigenvalue weighted by atomic mass is 9.87. The van der Waals surface area contributed by atoms with Gasteiger partial charge in [-0.2, -0.15) is 4.21 Å². The first-order valence-electron chi connectivity index (χ1n) is 7.95. The van der Waals surface area contributed by atoms with E-state index in [0.29, 0.717) is 5.92 Å². The zero-order chi connectivity index (χ0) is 16.5. The molecule has 2 fully saturated rings. The van der Waals surface area contributed by atoms with Gasteiger partial charge in [0.15, 0.2) is 0 Å². The van der Waals surface area contributed by atoms with E-state index < -0.39 is 17.0 Å². The second-order valence-electron chi connectivity index (χ2n) is 7.47. The van der Waals surface area contributed by atoms with Crippen LogP contribution in [0.25, 0.3) is 0 Å². The fraction of sp³-hybridized carbons (Fsp3) is 0.933. The molecule has 22 heavy (non-hydrogen) atoms. The molecule has 0 aliphatic carbocycles. The summed E-state index contributed by atoms with van der Waals surface area (Å²) in [5, 5.41) is 0. The van der Waals surface area contributed by atoms with Gasteiger partial charge in [-0.1, -0.05) is 0 Å². The molecule has 4 atom stereocenters. The highest BCUT2D eigenvalue weighted by Crippen LogP contribution is 2.41. The van der Waals surface area contributed by atoms with Crippen molar-refractivity contribution in [1.29, 1.82) is 0 Å². The molecule has 1 N–H and O–H groups in total. The molecule has 0 saturated carbocycles. The van der Waals surface area contributed by atoms with E-state index in [2.05, 4.69) is 0 Å². The van der Waals surface area contributed by atoms with Crippen LogP contribution in [0.15, 0.2) is 0 Å². The van der Waals surface area contributed by atoms with Crippen molar-refractivity contribution < 1.29 is 22.5 Å². The molecular weight excluding hydrogens is 306 g/mol. The number of hydrogen-bond acceptors (Lipinski definition) is 4. The molecule has 2 aliphatic heterocycles. The van der Waals surface area contributed by atoms with Crippen LogP contribution in [-0.2, 0) is 20.3 Å². The molecule has 0 aromatic rings. The Labute approximate surface area is 135 Å². The average molecular weight is 333 g/mol. The summed E-state index contributed by atoms with van der Waals surface area (Å²) in [6.07, 6.45) is 4.16. The van der Waals surface area contributed by atoms with Gasteiger partial charge in [-0.05, 0) is 65.7 Å². The van der Waals surface area contributed by atoms with E-state index in [4.69, 9.17) is 13.5 Å². The van der Waals surface area contributed by atoms with Gasteiger partial charge < -0.3 is 9.64 Å². The summed E-state index contributed by atoms with van der Waals surface area (Å²) >= 11 is -2.21. The van der Waals surface area contributed by atoms with Crippen molar-refractivity contribution in [2.45, 2.75) is 83.6 Å². The quantitative estimate of drug-likeness (QED) is 0.800. The van der Waals surface area contributed by atoms with E-state index in [-0.39, 0.29) is 24.3 Å². The van der Waals surface area contributed by atoms with Crippen LogP contribution in [0.5, 0.6) is 0 Å². The van der Waals surface area contributed by atoms with Gasteiger partial charge in [-0.25, -0.2) is 4.79 Å². The number of carbonyl (C=O) groups excluding carboxylic acids is 1. The molecule has 0 spiro atoms. The third-order valence-electron chi connectivity index (χ3n) is 4.35. The fourth-order valence-corrected chi connectivity index (χ4v) is 4.10. The van der Waals surface area contributed by atoms with Gasteiger partial charge in [-0.3, -0.25) is 8.74 Å². The van der Waals surface area contributed by atoms with E-state index in [1.807, 2.05) is 32.6 Å². The van der Waals surface area contributed by atoms with Crippen molar-refractivity contribution in [2.75, 3.05) is 0 Å². The summed E-state index contributed by atoms with van der Waals surface area (Å²) in [4.78, 5) is 14.3. The number of carbonyl (C=O) groups is 1. The van der Waals surface area contributed by atoms with Gasteiger partial charge >= 0.3 is 17.5 Å². The van der Waals surface area contributed by atoms with Crippen molar-refractivity contribution >= 4 is 17.5 Å². The van der Waals surface area contributed by atoms with E-state index >= 15 is 0 Å². The van der Waals surface area contributed by atoms with Gasteiger partial charge in [0.1, 0.15) is 5.60 Å². The highest BCUT2D eigenvalue weighted by atomic mass is 32.2. The standard InChI is InChI=1S/C15H27NO5S/c1-10(21-22(18)19)7-11-8-12-5-6-13(9-11)16(12)14(17)20-15(2,3)4/h10-13H,5-9H2,1-4H3,(H,18,19). The lowest BCUT2D eigenvalue weighted by Crippen LogP contribution is -2.48. The third kappa shape index (κ3) is 4.67. The maximum absolute atomic E-state index is 12.4. The monoisotopic (exact) mass is 333 g/mol. The molecule has 2 heterocycles. The van der Waals surface area contributed by atoms with Gasteiger partial charge in [0.2, 0.25) is 0 Å². The first-order valence-corrected chi connectivity index (χ1v) is 8.98. The Morgan fingerprint density at radius 3 is 2.32 bits per heavy atom. The second-order valence-corrected chi connectivity index (χ2v) is 8.10. The van der Waals surface area contributed by atoms with Gasteiger partial charge in [0.05, 0.1) is 6.10 Å². The Hall–Kier alpha value is -0.660. The third-order valence-corrected chi connectivity index (χ3v) is 4.84. The lowest BCUT2D eigenvalue weighted by Gasteiger charge is -2.40. The summed E-state index contributed by atoms with van der Waals surface area (Å²) in [6, 6.07) is 0.454. The highest BCUT2D eigenvalue weighted by Gasteiger charge is 2.44. The Kier molecular flexibility index (Phi) is 5.50. The zero-order valence-corrected chi connectivity index (χ0v) is 14.6. The molecule has 2 aliphatic rings. The van der Waals surface area contributed by atoms with Crippen LogP contribution < -0.4 is 0 Å². The molecule has 7 heteroatoms. The molecule has 2 bridgehead atoms. The zero-order valence-electron chi connectivity index (χ0n) is 13.8. The van der Waals surface area contributed by atoms with Crippen molar-refractivity contribution in [3.63, 3.8) is 0 Å². The molecule has 0 aromatic carbocycles. The molecule has 2 rings (SSSR count). The first kappa shape index (κ1) is 17.7. The second kappa shape index (κ2) is 6.84. The normalized spacial score (nSPS) is 31.0. The molecule has 128 valence electrons. The van der Waals surface area contributed by atoms with Gasteiger partial charge in [0, 0.05) is 12.1 Å². The molecule has 1 amide bonds. The highest BCUT2D eigenvalue weighted by molar-refractivity contribution is 7.74. The minimum atomic E-state index is -2.21. The van der Waals surface area contributed by atoms with Gasteiger partial charge in [-0.15, -0.1) is 0 Å². The number of amides is 1. The maximum atomic E-state index is 12.4. The van der Waals surface area contributed by atoms with Crippen molar-refractivity contribution in [3.8, 4) is 0 Å². The lowest BCUT2D eigenvalue weighted by molar-refractivity contribution is -0.000201. The summed E-state index contributed by atoms with van der Waals surface area (Å²) in [6.45, 7) is 7.46. The topological polar surface area (TPSA) is 76.1 Å². The van der Waals surface area contributed by atoms with Crippen molar-refractivity contribution in [3.05, 3.63) is 0 Å². The van der Waals surface area contributed by atoms with E-state index in [0.717, 1.165) is 32.1 Å². The molecule has 0 radical (unpaired) electrons. The smallest absolute Gasteiger partial charge is 0.410 e. The average Bonchev–Trinajstić information content (AvgIpc) is 2.58. The van der Waals surface area contributed by atoms with Crippen LogP contribution in [0, 0.1) is 5.92 Å². The Morgan fingerprint density at radius 1 is 1.32 bits per heavy atom. The van der Waals surface area contributed by atoms with Crippen LogP contribution in [0.4, 0.5) is 4.79 Å². The largest absolute Gasteiger partial charge is 0.444 e. The predicted octanol–water partition coefficient (Wildman–Crippen LogP) is 3.10. The van der Waals surface area contributed by atoms with Gasteiger partial charge in [0.25, 0.3) is 0 Å². The Morgan fingerprint density at radius 2 is 1.86 bits per heavy atom. The summed E-state index contributed by atoms with van der Waals surface area (Å²) in [7, 11) is 0. The summed E-state index contributed by atoms with van der Waals surface area (Å²) in [5.41, 5.74) is -0.471. The predicted molar refractivity (Wildman–Crippen MR) is 83.5 cm³/mol. The van der Waals surface area contributed by atoms with E-state index in [1.165, 1.54) is 0 Å². The molecule has 0 aromatic heterocycles. The van der Waals surface area contributed by atoms with Crippen LogP contribution >= 0.6 is 0 Å². The van der Waals surface area contributed by atoms with E-state index in [9.17, 15) is 9.00 Å². The fourth-order valence-electron chi connectivity index (χ4n) is 3.74. The summed E-state index contributed by atoms with van der Waals surface area (Å²) in [5.74, 6) is 0.426. The summed E-state index contributed by atoms with van der Waals surface area (Å²) < 4.78 is 29.9. The molecule has 2 saturated heterocycles.